The lowest BCUT2D eigenvalue weighted by molar-refractivity contribution is -0.384. The van der Waals surface area contributed by atoms with Crippen LogP contribution in [-0.4, -0.2) is 91.6 Å². The first-order chi connectivity index (χ1) is 26.9. The van der Waals surface area contributed by atoms with Crippen molar-refractivity contribution in [3.8, 4) is 5.75 Å². The zero-order chi connectivity index (χ0) is 40.4. The summed E-state index contributed by atoms with van der Waals surface area (Å²) in [6.07, 6.45) is 1.81. The molecule has 7 N–H and O–H groups in total. The first-order valence-electron chi connectivity index (χ1n) is 18.1. The minimum Gasteiger partial charge on any atom is -0.507 e. The number of primary amides is 1. The van der Waals surface area contributed by atoms with E-state index in [-0.39, 0.29) is 54.1 Å². The minimum absolute atomic E-state index is 0.0563. The van der Waals surface area contributed by atoms with E-state index >= 15 is 0 Å². The number of phenolic OH excluding ortho intramolecular Hbond substituents is 1. The van der Waals surface area contributed by atoms with Gasteiger partial charge >= 0.3 is 5.97 Å². The highest BCUT2D eigenvalue weighted by Crippen LogP contribution is 2.39. The molecule has 1 unspecified atom stereocenters. The Labute approximate surface area is 338 Å². The maximum atomic E-state index is 14.2. The topological polar surface area (TPSA) is 225 Å². The fourth-order valence-corrected chi connectivity index (χ4v) is 7.73. The van der Waals surface area contributed by atoms with E-state index in [1.807, 2.05) is 52.9 Å². The zero-order valence-corrected chi connectivity index (χ0v) is 33.4. The number of amidine groups is 1. The lowest BCUT2D eigenvalue weighted by Crippen LogP contribution is -2.48. The smallest absolute Gasteiger partial charge is 0.316 e. The number of benzene rings is 3. The van der Waals surface area contributed by atoms with Gasteiger partial charge in [0, 0.05) is 41.4 Å². The van der Waals surface area contributed by atoms with Gasteiger partial charge in [0.1, 0.15) is 11.6 Å². The standard InChI is InChI=1S/C40H46IN7O8/c1-25-33(37(43)50)34(26-9-12-29(13-10-26)48(53)54)35(31(46-25)24-56-22-18-44-36(42)27-11-14-32(49)30(41)23-27)38(51)45-17-6-19-47-20-15-40(16-21-47,39(52)55-2)28-7-4-3-5-8-28/h3-5,7-14,23,34,46,49H,6,15-22,24H2,1-2H3,(H2,42,44)(H2,43,50)(H,45,51). The molecule has 3 aromatic carbocycles. The lowest BCUT2D eigenvalue weighted by Gasteiger charge is -2.40. The van der Waals surface area contributed by atoms with Crippen molar-refractivity contribution in [2.45, 2.75) is 37.5 Å². The molecule has 1 saturated heterocycles. The number of esters is 1. The number of amides is 2. The molecule has 0 radical (unpaired) electrons. The SMILES string of the molecule is COC(=O)C1(c2ccccc2)CCN(CCCNC(=O)C2=C(COCCN=C(N)c3ccc(O)c(I)c3)NC(C)=C(C(N)=O)C2c2ccc([N+](=O)[O-])cc2)CC1. The maximum absolute atomic E-state index is 14.2. The van der Waals surface area contributed by atoms with Gasteiger partial charge in [-0.15, -0.1) is 0 Å². The monoisotopic (exact) mass is 879 g/mol. The van der Waals surface area contributed by atoms with Gasteiger partial charge < -0.3 is 41.6 Å². The number of halogens is 1. The number of hydrogen-bond donors (Lipinski definition) is 5. The van der Waals surface area contributed by atoms with E-state index in [4.69, 9.17) is 20.9 Å². The number of phenols is 1. The number of hydrogen-bond acceptors (Lipinski definition) is 11. The number of piperidine rings is 1. The summed E-state index contributed by atoms with van der Waals surface area (Å²) >= 11 is 2.00. The number of rotatable bonds is 16. The second-order valence-corrected chi connectivity index (χ2v) is 14.7. The Hall–Kier alpha value is -5.33. The third kappa shape index (κ3) is 9.72. The number of nitrogens with two attached hydrogens (primary N) is 2. The number of non-ortho nitro benzene ring substituents is 1. The van der Waals surface area contributed by atoms with Crippen LogP contribution < -0.4 is 22.1 Å². The number of carbonyl (C=O) groups is 3. The van der Waals surface area contributed by atoms with Crippen molar-refractivity contribution in [3.05, 3.63) is 126 Å². The maximum Gasteiger partial charge on any atom is 0.316 e. The molecule has 5 rings (SSSR count). The highest BCUT2D eigenvalue weighted by molar-refractivity contribution is 14.1. The van der Waals surface area contributed by atoms with Gasteiger partial charge in [-0.1, -0.05) is 42.5 Å². The first kappa shape index (κ1) is 41.8. The fraction of sp³-hybridized carbons (Fsp3) is 0.350. The second kappa shape index (κ2) is 19.0. The van der Waals surface area contributed by atoms with E-state index in [1.54, 1.807) is 19.1 Å². The van der Waals surface area contributed by atoms with E-state index in [1.165, 1.54) is 37.4 Å². The van der Waals surface area contributed by atoms with Crippen LogP contribution in [0.1, 0.15) is 48.8 Å². The van der Waals surface area contributed by atoms with Crippen LogP contribution in [0.5, 0.6) is 5.75 Å². The average Bonchev–Trinajstić information content (AvgIpc) is 3.20. The number of nitro groups is 1. The van der Waals surface area contributed by atoms with E-state index in [0.29, 0.717) is 71.5 Å². The minimum atomic E-state index is -0.940. The predicted molar refractivity (Wildman–Crippen MR) is 219 cm³/mol. The normalized spacial score (nSPS) is 17.3. The van der Waals surface area contributed by atoms with Gasteiger partial charge in [-0.05, 0) is 97.7 Å². The molecule has 3 aromatic rings. The van der Waals surface area contributed by atoms with E-state index in [0.717, 1.165) is 5.56 Å². The van der Waals surface area contributed by atoms with Crippen LogP contribution in [0.4, 0.5) is 5.69 Å². The predicted octanol–water partition coefficient (Wildman–Crippen LogP) is 3.74. The molecule has 296 valence electrons. The van der Waals surface area contributed by atoms with Crippen LogP contribution in [0.2, 0.25) is 0 Å². The van der Waals surface area contributed by atoms with Gasteiger partial charge in [0.15, 0.2) is 0 Å². The van der Waals surface area contributed by atoms with Crippen molar-refractivity contribution in [2.24, 2.45) is 16.5 Å². The molecule has 2 amide bonds. The Morgan fingerprint density at radius 1 is 1.07 bits per heavy atom. The molecule has 0 spiro atoms. The van der Waals surface area contributed by atoms with E-state index in [2.05, 4.69) is 20.5 Å². The van der Waals surface area contributed by atoms with Crippen LogP contribution in [-0.2, 0) is 29.3 Å². The summed E-state index contributed by atoms with van der Waals surface area (Å²) in [6, 6.07) is 20.3. The number of dihydropyridines is 1. The second-order valence-electron chi connectivity index (χ2n) is 13.6. The summed E-state index contributed by atoms with van der Waals surface area (Å²) in [5, 5.41) is 27.4. The number of ether oxygens (including phenoxy) is 2. The number of nitro benzene ring substituents is 1. The summed E-state index contributed by atoms with van der Waals surface area (Å²) in [5.41, 5.74) is 14.4. The molecule has 2 aliphatic rings. The highest BCUT2D eigenvalue weighted by atomic mass is 127. The molecule has 16 heteroatoms. The quantitative estimate of drug-likeness (QED) is 0.0265. The molecule has 1 atom stereocenters. The van der Waals surface area contributed by atoms with Gasteiger partial charge in [0.05, 0.1) is 52.0 Å². The van der Waals surface area contributed by atoms with Crippen LogP contribution in [0, 0.1) is 13.7 Å². The summed E-state index contributed by atoms with van der Waals surface area (Å²) in [7, 11) is 1.42. The number of carbonyl (C=O) groups excluding carboxylic acids is 3. The lowest BCUT2D eigenvalue weighted by atomic mass is 9.72. The van der Waals surface area contributed by atoms with Crippen LogP contribution in [0.3, 0.4) is 0 Å². The van der Waals surface area contributed by atoms with Gasteiger partial charge in [-0.3, -0.25) is 29.5 Å². The number of nitrogens with one attached hydrogen (secondary N) is 2. The Kier molecular flexibility index (Phi) is 14.2. The third-order valence-corrected chi connectivity index (χ3v) is 11.0. The average molecular weight is 880 g/mol. The molecule has 15 nitrogen and oxygen atoms in total. The van der Waals surface area contributed by atoms with Gasteiger partial charge in [-0.25, -0.2) is 0 Å². The molecule has 0 bridgehead atoms. The molecule has 0 aliphatic carbocycles. The number of allylic oxidation sites excluding steroid dienone is 1. The Balaban J connectivity index is 1.30. The van der Waals surface area contributed by atoms with Crippen LogP contribution in [0.25, 0.3) is 0 Å². The molecule has 2 aliphatic heterocycles. The summed E-state index contributed by atoms with van der Waals surface area (Å²) in [5.74, 6) is -1.97. The van der Waals surface area contributed by atoms with Crippen LogP contribution >= 0.6 is 22.6 Å². The molecular formula is C40H46IN7O8. The summed E-state index contributed by atoms with van der Waals surface area (Å²) in [4.78, 5) is 57.6. The zero-order valence-electron chi connectivity index (χ0n) is 31.3. The molecule has 0 aromatic heterocycles. The van der Waals surface area contributed by atoms with Crippen LogP contribution in [0.15, 0.2) is 100 Å². The van der Waals surface area contributed by atoms with Crippen molar-refractivity contribution >= 4 is 51.9 Å². The molecular weight excluding hydrogens is 833 g/mol. The molecule has 1 fully saturated rings. The van der Waals surface area contributed by atoms with Gasteiger partial charge in [0.2, 0.25) is 11.8 Å². The largest absolute Gasteiger partial charge is 0.507 e. The summed E-state index contributed by atoms with van der Waals surface area (Å²) < 4.78 is 11.8. The van der Waals surface area contributed by atoms with Crippen molar-refractivity contribution < 1.29 is 33.9 Å². The summed E-state index contributed by atoms with van der Waals surface area (Å²) in [6.45, 7) is 4.28. The number of aliphatic imine (C=N–C) groups is 1. The van der Waals surface area contributed by atoms with Gasteiger partial charge in [0.25, 0.3) is 5.69 Å². The van der Waals surface area contributed by atoms with Gasteiger partial charge in [-0.2, -0.15) is 0 Å². The highest BCUT2D eigenvalue weighted by Gasteiger charge is 2.44. The number of nitrogens with zero attached hydrogens (tertiary/aromatic N) is 3. The Morgan fingerprint density at radius 2 is 1.77 bits per heavy atom. The Morgan fingerprint density at radius 3 is 2.39 bits per heavy atom. The molecule has 2 heterocycles. The fourth-order valence-electron chi connectivity index (χ4n) is 7.21. The van der Waals surface area contributed by atoms with Crippen molar-refractivity contribution in [1.82, 2.24) is 15.5 Å². The molecule has 0 saturated carbocycles. The Bertz CT molecular complexity index is 2030. The number of aromatic hydroxyl groups is 1. The molecule has 56 heavy (non-hydrogen) atoms. The number of methoxy groups -OCH3 is 1. The van der Waals surface area contributed by atoms with Crippen molar-refractivity contribution in [2.75, 3.05) is 53.0 Å². The van der Waals surface area contributed by atoms with E-state index < -0.39 is 28.1 Å². The van der Waals surface area contributed by atoms with Crippen molar-refractivity contribution in [3.63, 3.8) is 0 Å². The number of likely N-dealkylation sites (tertiary alicyclic amines) is 1. The first-order valence-corrected chi connectivity index (χ1v) is 19.2. The van der Waals surface area contributed by atoms with Crippen molar-refractivity contribution in [1.29, 1.82) is 0 Å². The third-order valence-electron chi connectivity index (χ3n) is 10.1. The van der Waals surface area contributed by atoms with E-state index in [9.17, 15) is 29.6 Å².